The normalized spacial score (nSPS) is 10.8. The zero-order valence-electron chi connectivity index (χ0n) is 10.3. The molecule has 2 heterocycles. The van der Waals surface area contributed by atoms with Gasteiger partial charge in [-0.25, -0.2) is 14.8 Å². The molecule has 0 atom stereocenters. The van der Waals surface area contributed by atoms with Gasteiger partial charge in [-0.3, -0.25) is 0 Å². The Bertz CT molecular complexity index is 610. The molecular weight excluding hydrogens is 270 g/mol. The average molecular weight is 283 g/mol. The molecule has 0 saturated heterocycles. The van der Waals surface area contributed by atoms with Crippen molar-refractivity contribution < 1.29 is 9.53 Å². The Morgan fingerprint density at radius 1 is 1.50 bits per heavy atom. The first-order valence-electron chi connectivity index (χ1n) is 5.36. The molecule has 2 rings (SSSR count). The molecule has 0 aliphatic carbocycles. The largest absolute Gasteiger partial charge is 0.462 e. The monoisotopic (exact) mass is 283 g/mol. The molecule has 7 heteroatoms. The first-order valence-corrected chi connectivity index (χ1v) is 7.40. The number of aryl methyl sites for hydroxylation is 1. The third kappa shape index (κ3) is 2.15. The van der Waals surface area contributed by atoms with Gasteiger partial charge in [0.05, 0.1) is 12.0 Å². The molecule has 5 nitrogen and oxygen atoms in total. The number of fused-ring (bicyclic) bond motifs is 1. The highest BCUT2D eigenvalue weighted by atomic mass is 32.2. The van der Waals surface area contributed by atoms with Crippen molar-refractivity contribution in [1.29, 1.82) is 0 Å². The van der Waals surface area contributed by atoms with Gasteiger partial charge >= 0.3 is 5.97 Å². The van der Waals surface area contributed by atoms with E-state index in [1.807, 2.05) is 13.2 Å². The van der Waals surface area contributed by atoms with E-state index in [0.717, 1.165) is 15.8 Å². The SMILES string of the molecule is CCOC(=O)c1sc2nc(SC)nc(N)c2c1C. The number of nitrogens with two attached hydrogens (primary N) is 1. The summed E-state index contributed by atoms with van der Waals surface area (Å²) in [5.41, 5.74) is 6.70. The van der Waals surface area contributed by atoms with Crippen LogP contribution in [0.1, 0.15) is 22.2 Å². The van der Waals surface area contributed by atoms with Gasteiger partial charge in [-0.15, -0.1) is 11.3 Å². The van der Waals surface area contributed by atoms with Crippen LogP contribution >= 0.6 is 23.1 Å². The van der Waals surface area contributed by atoms with Crippen molar-refractivity contribution in [3.8, 4) is 0 Å². The molecule has 0 fully saturated rings. The number of carbonyl (C=O) groups is 1. The van der Waals surface area contributed by atoms with E-state index < -0.39 is 0 Å². The highest BCUT2D eigenvalue weighted by Gasteiger charge is 2.20. The molecular formula is C11H13N3O2S2. The topological polar surface area (TPSA) is 78.1 Å². The molecule has 0 unspecified atom stereocenters. The first kappa shape index (κ1) is 13.1. The van der Waals surface area contributed by atoms with Crippen LogP contribution in [-0.2, 0) is 4.74 Å². The maximum absolute atomic E-state index is 11.8. The van der Waals surface area contributed by atoms with Crippen LogP contribution in [-0.4, -0.2) is 28.8 Å². The molecule has 2 aromatic rings. The van der Waals surface area contributed by atoms with Crippen molar-refractivity contribution >= 4 is 45.1 Å². The van der Waals surface area contributed by atoms with E-state index in [9.17, 15) is 4.79 Å². The third-order valence-corrected chi connectivity index (χ3v) is 4.15. The van der Waals surface area contributed by atoms with Crippen molar-refractivity contribution in [2.24, 2.45) is 0 Å². The number of thiophene rings is 1. The molecule has 0 aliphatic heterocycles. The lowest BCUT2D eigenvalue weighted by Crippen LogP contribution is -2.03. The minimum absolute atomic E-state index is 0.330. The molecule has 0 spiro atoms. The summed E-state index contributed by atoms with van der Waals surface area (Å²) in [4.78, 5) is 21.6. The van der Waals surface area contributed by atoms with E-state index >= 15 is 0 Å². The number of hydrogen-bond acceptors (Lipinski definition) is 7. The van der Waals surface area contributed by atoms with Crippen LogP contribution in [0.5, 0.6) is 0 Å². The molecule has 2 aromatic heterocycles. The van der Waals surface area contributed by atoms with Crippen LogP contribution in [0, 0.1) is 6.92 Å². The van der Waals surface area contributed by atoms with Gasteiger partial charge in [-0.1, -0.05) is 11.8 Å². The number of thioether (sulfide) groups is 1. The first-order chi connectivity index (χ1) is 8.58. The van der Waals surface area contributed by atoms with Gasteiger partial charge in [0.2, 0.25) is 0 Å². The molecule has 2 N–H and O–H groups in total. The van der Waals surface area contributed by atoms with Gasteiger partial charge in [-0.2, -0.15) is 0 Å². The van der Waals surface area contributed by atoms with Gasteiger partial charge in [-0.05, 0) is 25.7 Å². The summed E-state index contributed by atoms with van der Waals surface area (Å²) in [6.45, 7) is 3.97. The summed E-state index contributed by atoms with van der Waals surface area (Å²) >= 11 is 2.72. The Morgan fingerprint density at radius 2 is 2.22 bits per heavy atom. The molecule has 0 radical (unpaired) electrons. The van der Waals surface area contributed by atoms with Crippen LogP contribution in [0.3, 0.4) is 0 Å². The van der Waals surface area contributed by atoms with Gasteiger partial charge in [0.15, 0.2) is 5.16 Å². The fourth-order valence-electron chi connectivity index (χ4n) is 1.63. The Balaban J connectivity index is 2.62. The molecule has 96 valence electrons. The highest BCUT2D eigenvalue weighted by Crippen LogP contribution is 2.34. The number of ether oxygens (including phenoxy) is 1. The van der Waals surface area contributed by atoms with Gasteiger partial charge < -0.3 is 10.5 Å². The predicted molar refractivity (Wildman–Crippen MR) is 74.3 cm³/mol. The minimum atomic E-state index is -0.330. The molecule has 0 aliphatic rings. The Kier molecular flexibility index (Phi) is 3.72. The molecule has 18 heavy (non-hydrogen) atoms. The number of aromatic nitrogens is 2. The number of rotatable bonds is 3. The zero-order chi connectivity index (χ0) is 13.3. The van der Waals surface area contributed by atoms with E-state index in [2.05, 4.69) is 9.97 Å². The maximum Gasteiger partial charge on any atom is 0.348 e. The number of nitrogens with zero attached hydrogens (tertiary/aromatic N) is 2. The van der Waals surface area contributed by atoms with Crippen LogP contribution in [0.25, 0.3) is 10.2 Å². The average Bonchev–Trinajstić information content (AvgIpc) is 2.67. The number of esters is 1. The molecule has 0 amide bonds. The predicted octanol–water partition coefficient (Wildman–Crippen LogP) is 2.48. The fourth-order valence-corrected chi connectivity index (χ4v) is 3.14. The lowest BCUT2D eigenvalue weighted by molar-refractivity contribution is 0.0531. The second-order valence-electron chi connectivity index (χ2n) is 3.55. The fraction of sp³-hybridized carbons (Fsp3) is 0.364. The summed E-state index contributed by atoms with van der Waals surface area (Å²) in [5.74, 6) is 0.0803. The number of hydrogen-bond donors (Lipinski definition) is 1. The minimum Gasteiger partial charge on any atom is -0.462 e. The van der Waals surface area contributed by atoms with Crippen LogP contribution in [0.4, 0.5) is 5.82 Å². The van der Waals surface area contributed by atoms with Crippen LogP contribution in [0.2, 0.25) is 0 Å². The molecule has 0 bridgehead atoms. The standard InChI is InChI=1S/C11H13N3O2S2/c1-4-16-10(15)7-5(2)6-8(12)13-11(17-3)14-9(6)18-7/h4H2,1-3H3,(H2,12,13,14). The Morgan fingerprint density at radius 3 is 2.83 bits per heavy atom. The second-order valence-corrected chi connectivity index (χ2v) is 5.32. The Labute approximate surface area is 113 Å². The van der Waals surface area contributed by atoms with Crippen molar-refractivity contribution in [1.82, 2.24) is 9.97 Å². The smallest absolute Gasteiger partial charge is 0.348 e. The quantitative estimate of drug-likeness (QED) is 0.529. The van der Waals surface area contributed by atoms with Crippen molar-refractivity contribution in [3.63, 3.8) is 0 Å². The summed E-state index contributed by atoms with van der Waals surface area (Å²) in [6.07, 6.45) is 1.88. The number of anilines is 1. The summed E-state index contributed by atoms with van der Waals surface area (Å²) < 4.78 is 5.01. The summed E-state index contributed by atoms with van der Waals surface area (Å²) in [7, 11) is 0. The third-order valence-electron chi connectivity index (χ3n) is 2.44. The lowest BCUT2D eigenvalue weighted by Gasteiger charge is -2.00. The zero-order valence-corrected chi connectivity index (χ0v) is 11.9. The molecule has 0 aromatic carbocycles. The summed E-state index contributed by atoms with van der Waals surface area (Å²) in [5, 5.41) is 1.36. The Hall–Kier alpha value is -1.34. The second kappa shape index (κ2) is 5.11. The van der Waals surface area contributed by atoms with E-state index in [-0.39, 0.29) is 5.97 Å². The van der Waals surface area contributed by atoms with Crippen LogP contribution < -0.4 is 5.73 Å². The van der Waals surface area contributed by atoms with Gasteiger partial charge in [0.25, 0.3) is 0 Å². The number of nitrogen functional groups attached to an aromatic ring is 1. The summed E-state index contributed by atoms with van der Waals surface area (Å²) in [6, 6.07) is 0. The van der Waals surface area contributed by atoms with Gasteiger partial charge in [0.1, 0.15) is 15.5 Å². The lowest BCUT2D eigenvalue weighted by atomic mass is 10.2. The van der Waals surface area contributed by atoms with E-state index in [1.54, 1.807) is 6.92 Å². The highest BCUT2D eigenvalue weighted by molar-refractivity contribution is 7.98. The number of carbonyl (C=O) groups excluding carboxylic acids is 1. The van der Waals surface area contributed by atoms with E-state index in [0.29, 0.717) is 22.5 Å². The van der Waals surface area contributed by atoms with E-state index in [1.165, 1.54) is 23.1 Å². The maximum atomic E-state index is 11.8. The van der Waals surface area contributed by atoms with Crippen molar-refractivity contribution in [2.75, 3.05) is 18.6 Å². The molecule has 0 saturated carbocycles. The van der Waals surface area contributed by atoms with Crippen molar-refractivity contribution in [3.05, 3.63) is 10.4 Å². The van der Waals surface area contributed by atoms with Crippen LogP contribution in [0.15, 0.2) is 5.16 Å². The van der Waals surface area contributed by atoms with E-state index in [4.69, 9.17) is 10.5 Å². The van der Waals surface area contributed by atoms with Crippen molar-refractivity contribution in [2.45, 2.75) is 19.0 Å². The van der Waals surface area contributed by atoms with Gasteiger partial charge in [0, 0.05) is 0 Å².